The molecule has 4 rings (SSSR count). The van der Waals surface area contributed by atoms with Crippen LogP contribution in [0.3, 0.4) is 0 Å². The highest BCUT2D eigenvalue weighted by atomic mass is 35.5. The van der Waals surface area contributed by atoms with E-state index in [0.717, 1.165) is 22.3 Å². The number of hydrogen-bond donors (Lipinski definition) is 1. The number of nitrogens with one attached hydrogen (secondary N) is 1. The van der Waals surface area contributed by atoms with E-state index < -0.39 is 0 Å². The highest BCUT2D eigenvalue weighted by Gasteiger charge is 2.12. The molecule has 0 atom stereocenters. The molecule has 1 amide bonds. The average molecular weight is 421 g/mol. The van der Waals surface area contributed by atoms with Crippen LogP contribution in [-0.4, -0.2) is 27.5 Å². The molecule has 0 saturated heterocycles. The maximum Gasteiger partial charge on any atom is 0.262 e. The van der Waals surface area contributed by atoms with Gasteiger partial charge >= 0.3 is 0 Å². The first-order valence-electron chi connectivity index (χ1n) is 9.52. The van der Waals surface area contributed by atoms with Crippen molar-refractivity contribution in [1.82, 2.24) is 15.0 Å². The van der Waals surface area contributed by atoms with Crippen molar-refractivity contribution in [3.63, 3.8) is 0 Å². The molecule has 0 aliphatic heterocycles. The molecule has 7 heteroatoms. The fourth-order valence-electron chi connectivity index (χ4n) is 3.10. The first kappa shape index (κ1) is 19.9. The van der Waals surface area contributed by atoms with Gasteiger partial charge in [0.2, 0.25) is 0 Å². The van der Waals surface area contributed by atoms with Crippen molar-refractivity contribution in [2.24, 2.45) is 0 Å². The number of halogens is 1. The second kappa shape index (κ2) is 8.16. The predicted octanol–water partition coefficient (Wildman–Crippen LogP) is 5.02. The Morgan fingerprint density at radius 3 is 2.37 bits per heavy atom. The fraction of sp³-hybridized carbons (Fsp3) is 0.174. The summed E-state index contributed by atoms with van der Waals surface area (Å²) < 4.78 is 5.62. The standard InChI is InChI=1S/C23H21ClN4O2/c1-14-4-7-18(8-5-14)28-26-20-11-15(2)19(12-21(20)27-28)25-23(29)13-30-22-9-6-17(24)10-16(22)3/h4-12H,13H2,1-3H3,(H,25,29). The largest absolute Gasteiger partial charge is 0.483 e. The van der Waals surface area contributed by atoms with Crippen LogP contribution in [0.25, 0.3) is 16.7 Å². The molecule has 1 aromatic heterocycles. The quantitative estimate of drug-likeness (QED) is 0.492. The lowest BCUT2D eigenvalue weighted by Gasteiger charge is -2.11. The Morgan fingerprint density at radius 2 is 1.67 bits per heavy atom. The number of aromatic nitrogens is 3. The number of carbonyl (C=O) groups is 1. The number of aryl methyl sites for hydroxylation is 3. The molecule has 4 aromatic rings. The molecule has 0 saturated carbocycles. The summed E-state index contributed by atoms with van der Waals surface area (Å²) >= 11 is 5.95. The maximum absolute atomic E-state index is 12.4. The maximum atomic E-state index is 12.4. The molecule has 0 aliphatic carbocycles. The summed E-state index contributed by atoms with van der Waals surface area (Å²) in [7, 11) is 0. The molecule has 0 spiro atoms. The van der Waals surface area contributed by atoms with Gasteiger partial charge < -0.3 is 10.1 Å². The summed E-state index contributed by atoms with van der Waals surface area (Å²) in [5.41, 5.74) is 5.97. The van der Waals surface area contributed by atoms with Gasteiger partial charge in [-0.25, -0.2) is 0 Å². The van der Waals surface area contributed by atoms with Crippen molar-refractivity contribution in [3.05, 3.63) is 76.3 Å². The summed E-state index contributed by atoms with van der Waals surface area (Å²) in [4.78, 5) is 14.0. The van der Waals surface area contributed by atoms with E-state index in [1.807, 2.05) is 57.2 Å². The van der Waals surface area contributed by atoms with E-state index in [2.05, 4.69) is 15.5 Å². The highest BCUT2D eigenvalue weighted by molar-refractivity contribution is 6.30. The van der Waals surface area contributed by atoms with Gasteiger partial charge in [-0.15, -0.1) is 10.2 Å². The second-order valence-corrected chi connectivity index (χ2v) is 7.66. The highest BCUT2D eigenvalue weighted by Crippen LogP contribution is 2.24. The van der Waals surface area contributed by atoms with E-state index in [1.54, 1.807) is 23.0 Å². The lowest BCUT2D eigenvalue weighted by atomic mass is 10.1. The minimum absolute atomic E-state index is 0.101. The number of carbonyl (C=O) groups excluding carboxylic acids is 1. The zero-order valence-electron chi connectivity index (χ0n) is 16.9. The topological polar surface area (TPSA) is 69.0 Å². The predicted molar refractivity (Wildman–Crippen MR) is 119 cm³/mol. The zero-order chi connectivity index (χ0) is 21.3. The van der Waals surface area contributed by atoms with Crippen LogP contribution in [-0.2, 0) is 4.79 Å². The van der Waals surface area contributed by atoms with Gasteiger partial charge in [0.15, 0.2) is 6.61 Å². The molecule has 0 fully saturated rings. The van der Waals surface area contributed by atoms with Gasteiger partial charge in [0, 0.05) is 10.7 Å². The summed E-state index contributed by atoms with van der Waals surface area (Å²) in [5.74, 6) is 0.375. The molecule has 30 heavy (non-hydrogen) atoms. The average Bonchev–Trinajstić information content (AvgIpc) is 3.10. The third kappa shape index (κ3) is 4.28. The molecular formula is C23H21ClN4O2. The molecule has 1 N–H and O–H groups in total. The fourth-order valence-corrected chi connectivity index (χ4v) is 3.33. The van der Waals surface area contributed by atoms with Gasteiger partial charge in [-0.05, 0) is 74.4 Å². The zero-order valence-corrected chi connectivity index (χ0v) is 17.7. The monoisotopic (exact) mass is 420 g/mol. The minimum atomic E-state index is -0.252. The van der Waals surface area contributed by atoms with Crippen LogP contribution < -0.4 is 10.1 Å². The van der Waals surface area contributed by atoms with Gasteiger partial charge in [-0.3, -0.25) is 4.79 Å². The van der Waals surface area contributed by atoms with Gasteiger partial charge in [0.1, 0.15) is 16.8 Å². The van der Waals surface area contributed by atoms with E-state index in [0.29, 0.717) is 22.0 Å². The molecule has 0 aliphatic rings. The van der Waals surface area contributed by atoms with Gasteiger partial charge in [-0.1, -0.05) is 29.3 Å². The van der Waals surface area contributed by atoms with E-state index in [9.17, 15) is 4.79 Å². The Kier molecular flexibility index (Phi) is 5.42. The molecule has 3 aromatic carbocycles. The minimum Gasteiger partial charge on any atom is -0.483 e. The second-order valence-electron chi connectivity index (χ2n) is 7.23. The molecule has 152 valence electrons. The Labute approximate surface area is 179 Å². The third-order valence-electron chi connectivity index (χ3n) is 4.76. The van der Waals surface area contributed by atoms with Crippen molar-refractivity contribution >= 4 is 34.2 Å². The number of rotatable bonds is 5. The normalized spacial score (nSPS) is 10.9. The SMILES string of the molecule is Cc1ccc(-n2nc3cc(C)c(NC(=O)COc4ccc(Cl)cc4C)cc3n2)cc1. The van der Waals surface area contributed by atoms with E-state index in [-0.39, 0.29) is 12.5 Å². The van der Waals surface area contributed by atoms with Crippen LogP contribution in [0, 0.1) is 20.8 Å². The van der Waals surface area contributed by atoms with Crippen LogP contribution in [0.4, 0.5) is 5.69 Å². The first-order chi connectivity index (χ1) is 14.4. The van der Waals surface area contributed by atoms with Crippen LogP contribution in [0.5, 0.6) is 5.75 Å². The van der Waals surface area contributed by atoms with Crippen LogP contribution in [0.15, 0.2) is 54.6 Å². The third-order valence-corrected chi connectivity index (χ3v) is 5.00. The number of benzene rings is 3. The molecular weight excluding hydrogens is 400 g/mol. The molecule has 0 radical (unpaired) electrons. The first-order valence-corrected chi connectivity index (χ1v) is 9.90. The Balaban J connectivity index is 1.50. The van der Waals surface area contributed by atoms with Crippen LogP contribution in [0.1, 0.15) is 16.7 Å². The Morgan fingerprint density at radius 1 is 0.967 bits per heavy atom. The molecule has 0 unspecified atom stereocenters. The Bertz CT molecular complexity index is 1230. The summed E-state index contributed by atoms with van der Waals surface area (Å²) in [6.07, 6.45) is 0. The van der Waals surface area contributed by atoms with E-state index in [1.165, 1.54) is 5.56 Å². The van der Waals surface area contributed by atoms with E-state index in [4.69, 9.17) is 16.3 Å². The van der Waals surface area contributed by atoms with Gasteiger partial charge in [0.05, 0.1) is 5.69 Å². The number of amides is 1. The molecule has 1 heterocycles. The van der Waals surface area contributed by atoms with Crippen LogP contribution in [0.2, 0.25) is 5.02 Å². The lowest BCUT2D eigenvalue weighted by Crippen LogP contribution is -2.20. The van der Waals surface area contributed by atoms with Gasteiger partial charge in [0.25, 0.3) is 5.91 Å². The van der Waals surface area contributed by atoms with Crippen molar-refractivity contribution in [1.29, 1.82) is 0 Å². The number of nitrogens with zero attached hydrogens (tertiary/aromatic N) is 3. The number of fused-ring (bicyclic) bond motifs is 1. The van der Waals surface area contributed by atoms with E-state index >= 15 is 0 Å². The molecule has 6 nitrogen and oxygen atoms in total. The Hall–Kier alpha value is -3.38. The summed E-state index contributed by atoms with van der Waals surface area (Å²) in [6.45, 7) is 5.74. The smallest absolute Gasteiger partial charge is 0.262 e. The van der Waals surface area contributed by atoms with Crippen molar-refractivity contribution in [3.8, 4) is 11.4 Å². The van der Waals surface area contributed by atoms with Crippen molar-refractivity contribution in [2.45, 2.75) is 20.8 Å². The van der Waals surface area contributed by atoms with Crippen molar-refractivity contribution in [2.75, 3.05) is 11.9 Å². The number of anilines is 1. The summed E-state index contributed by atoms with van der Waals surface area (Å²) in [6, 6.07) is 17.0. The molecule has 0 bridgehead atoms. The van der Waals surface area contributed by atoms with Gasteiger partial charge in [-0.2, -0.15) is 4.80 Å². The van der Waals surface area contributed by atoms with Crippen molar-refractivity contribution < 1.29 is 9.53 Å². The summed E-state index contributed by atoms with van der Waals surface area (Å²) in [5, 5.41) is 12.6. The van der Waals surface area contributed by atoms with Crippen LogP contribution >= 0.6 is 11.6 Å². The number of ether oxygens (including phenoxy) is 1. The number of hydrogen-bond acceptors (Lipinski definition) is 4. The lowest BCUT2D eigenvalue weighted by molar-refractivity contribution is -0.118.